The molecule has 2 aromatic heterocycles. The van der Waals surface area contributed by atoms with Crippen LogP contribution in [-0.4, -0.2) is 32.4 Å². The second-order valence-electron chi connectivity index (χ2n) is 6.41. The molecule has 3 rings (SSSR count). The molecular weight excluding hydrogens is 294 g/mol. The molecule has 2 aromatic rings. The predicted molar refractivity (Wildman–Crippen MR) is 91.7 cm³/mol. The molecule has 22 heavy (non-hydrogen) atoms. The van der Waals surface area contributed by atoms with Crippen molar-refractivity contribution in [2.45, 2.75) is 57.0 Å². The molecule has 1 aliphatic carbocycles. The van der Waals surface area contributed by atoms with Gasteiger partial charge < -0.3 is 5.32 Å². The van der Waals surface area contributed by atoms with Gasteiger partial charge in [0.05, 0.1) is 6.20 Å². The number of hydrogen-bond donors (Lipinski definition) is 1. The quantitative estimate of drug-likeness (QED) is 0.845. The molecular formula is C16H25N5S. The second-order valence-corrected chi connectivity index (χ2v) is 7.18. The van der Waals surface area contributed by atoms with Crippen molar-refractivity contribution in [2.75, 3.05) is 18.1 Å². The smallest absolute Gasteiger partial charge is 0.228 e. The molecule has 0 spiro atoms. The maximum atomic E-state index is 4.64. The summed E-state index contributed by atoms with van der Waals surface area (Å²) in [7, 11) is 0. The van der Waals surface area contributed by atoms with Gasteiger partial charge in [0.2, 0.25) is 5.95 Å². The molecule has 1 fully saturated rings. The zero-order chi connectivity index (χ0) is 15.5. The van der Waals surface area contributed by atoms with Crippen LogP contribution in [0.25, 0.3) is 5.65 Å². The Hall–Kier alpha value is -1.30. The van der Waals surface area contributed by atoms with E-state index in [1.165, 1.54) is 37.7 Å². The summed E-state index contributed by atoms with van der Waals surface area (Å²) in [5.74, 6) is 2.00. The lowest BCUT2D eigenvalue weighted by atomic mass is 9.89. The number of hydrogen-bond acceptors (Lipinski definition) is 5. The van der Waals surface area contributed by atoms with Crippen molar-refractivity contribution in [1.29, 1.82) is 0 Å². The topological polar surface area (TPSA) is 55.1 Å². The first-order chi connectivity index (χ1) is 10.7. The van der Waals surface area contributed by atoms with Gasteiger partial charge in [0.25, 0.3) is 0 Å². The third kappa shape index (κ3) is 3.21. The maximum Gasteiger partial charge on any atom is 0.228 e. The average Bonchev–Trinajstić information content (AvgIpc) is 2.97. The number of thioether (sulfide) groups is 1. The molecule has 0 saturated heterocycles. The van der Waals surface area contributed by atoms with Gasteiger partial charge in [0, 0.05) is 12.1 Å². The second kappa shape index (κ2) is 6.86. The van der Waals surface area contributed by atoms with E-state index in [0.29, 0.717) is 5.92 Å². The Labute approximate surface area is 136 Å². The Kier molecular flexibility index (Phi) is 4.86. The fourth-order valence-electron chi connectivity index (χ4n) is 3.11. The third-order valence-corrected chi connectivity index (χ3v) is 5.00. The summed E-state index contributed by atoms with van der Waals surface area (Å²) in [5, 5.41) is 8.83. The van der Waals surface area contributed by atoms with Crippen LogP contribution in [0, 0.1) is 5.92 Å². The lowest BCUT2D eigenvalue weighted by Gasteiger charge is -2.22. The molecule has 0 radical (unpaired) electrons. The highest BCUT2D eigenvalue weighted by Gasteiger charge is 2.17. The molecule has 0 atom stereocenters. The van der Waals surface area contributed by atoms with Gasteiger partial charge in [0.15, 0.2) is 10.8 Å². The van der Waals surface area contributed by atoms with E-state index >= 15 is 0 Å². The summed E-state index contributed by atoms with van der Waals surface area (Å²) < 4.78 is 1.86. The van der Waals surface area contributed by atoms with Gasteiger partial charge in [-0.05, 0) is 30.9 Å². The van der Waals surface area contributed by atoms with Crippen molar-refractivity contribution < 1.29 is 0 Å². The summed E-state index contributed by atoms with van der Waals surface area (Å²) in [5.41, 5.74) is 2.11. The highest BCUT2D eigenvalue weighted by Crippen LogP contribution is 2.25. The van der Waals surface area contributed by atoms with E-state index in [0.717, 1.165) is 29.2 Å². The van der Waals surface area contributed by atoms with Crippen LogP contribution < -0.4 is 5.32 Å². The molecule has 1 aliphatic rings. The van der Waals surface area contributed by atoms with E-state index in [2.05, 4.69) is 34.2 Å². The molecule has 6 heteroatoms. The summed E-state index contributed by atoms with van der Waals surface area (Å²) in [6.45, 7) is 5.33. The lowest BCUT2D eigenvalue weighted by Crippen LogP contribution is -2.19. The van der Waals surface area contributed by atoms with Gasteiger partial charge in [-0.3, -0.25) is 0 Å². The van der Waals surface area contributed by atoms with E-state index < -0.39 is 0 Å². The van der Waals surface area contributed by atoms with Crippen molar-refractivity contribution in [3.63, 3.8) is 0 Å². The number of aromatic nitrogens is 4. The van der Waals surface area contributed by atoms with Gasteiger partial charge in [-0.15, -0.1) is 0 Å². The van der Waals surface area contributed by atoms with Crippen molar-refractivity contribution in [2.24, 2.45) is 5.92 Å². The molecule has 0 unspecified atom stereocenters. The minimum absolute atomic E-state index is 0.410. The summed E-state index contributed by atoms with van der Waals surface area (Å²) in [6.07, 6.45) is 10.7. The first-order valence-electron chi connectivity index (χ1n) is 8.22. The molecule has 2 heterocycles. The monoisotopic (exact) mass is 319 g/mol. The van der Waals surface area contributed by atoms with Crippen LogP contribution in [0.15, 0.2) is 11.4 Å². The Balaban J connectivity index is 1.87. The minimum atomic E-state index is 0.410. The van der Waals surface area contributed by atoms with Crippen LogP contribution in [0.3, 0.4) is 0 Å². The number of anilines is 1. The van der Waals surface area contributed by atoms with Gasteiger partial charge in [0.1, 0.15) is 0 Å². The Morgan fingerprint density at radius 2 is 2.05 bits per heavy atom. The van der Waals surface area contributed by atoms with Gasteiger partial charge in [-0.1, -0.05) is 44.9 Å². The number of rotatable bonds is 5. The Bertz CT molecular complexity index is 631. The van der Waals surface area contributed by atoms with Crippen LogP contribution in [0.2, 0.25) is 0 Å². The van der Waals surface area contributed by atoms with Gasteiger partial charge in [-0.2, -0.15) is 14.6 Å². The highest BCUT2D eigenvalue weighted by molar-refractivity contribution is 7.98. The van der Waals surface area contributed by atoms with E-state index in [1.807, 2.05) is 17.0 Å². The normalized spacial score (nSPS) is 16.5. The van der Waals surface area contributed by atoms with Crippen molar-refractivity contribution in [3.05, 3.63) is 11.8 Å². The fourth-order valence-corrected chi connectivity index (χ4v) is 3.47. The molecule has 0 amide bonds. The first kappa shape index (κ1) is 15.6. The van der Waals surface area contributed by atoms with Crippen LogP contribution in [0.4, 0.5) is 5.95 Å². The highest BCUT2D eigenvalue weighted by atomic mass is 32.2. The first-order valence-corrected chi connectivity index (χ1v) is 9.45. The van der Waals surface area contributed by atoms with Crippen LogP contribution >= 0.6 is 11.8 Å². The standard InChI is InChI=1S/C16H25N5S/c1-11(2)13-10-18-21-14(13)19-16(22-3)20-15(21)17-9-12-7-5-4-6-8-12/h10-12H,4-9H2,1-3H3,(H,17,19,20). The van der Waals surface area contributed by atoms with Crippen LogP contribution in [0.5, 0.6) is 0 Å². The predicted octanol–water partition coefficient (Wildman–Crippen LogP) is 3.96. The fraction of sp³-hybridized carbons (Fsp3) is 0.688. The van der Waals surface area contributed by atoms with Gasteiger partial charge >= 0.3 is 0 Å². The summed E-state index contributed by atoms with van der Waals surface area (Å²) in [4.78, 5) is 9.26. The summed E-state index contributed by atoms with van der Waals surface area (Å²) in [6, 6.07) is 0. The third-order valence-electron chi connectivity index (χ3n) is 4.45. The molecule has 0 bridgehead atoms. The number of fused-ring (bicyclic) bond motifs is 1. The maximum absolute atomic E-state index is 4.64. The molecule has 0 aliphatic heterocycles. The van der Waals surface area contributed by atoms with E-state index in [1.54, 1.807) is 11.8 Å². The Morgan fingerprint density at radius 3 is 2.73 bits per heavy atom. The molecule has 120 valence electrons. The molecule has 1 saturated carbocycles. The van der Waals surface area contributed by atoms with Crippen LogP contribution in [0.1, 0.15) is 57.4 Å². The van der Waals surface area contributed by atoms with E-state index in [9.17, 15) is 0 Å². The lowest BCUT2D eigenvalue weighted by molar-refractivity contribution is 0.372. The molecule has 0 aromatic carbocycles. The van der Waals surface area contributed by atoms with E-state index in [-0.39, 0.29) is 0 Å². The number of nitrogens with one attached hydrogen (secondary N) is 1. The largest absolute Gasteiger partial charge is 0.354 e. The van der Waals surface area contributed by atoms with Gasteiger partial charge in [-0.25, -0.2) is 4.98 Å². The van der Waals surface area contributed by atoms with Crippen molar-refractivity contribution in [1.82, 2.24) is 19.6 Å². The number of nitrogens with zero attached hydrogens (tertiary/aromatic N) is 4. The summed E-state index contributed by atoms with van der Waals surface area (Å²) >= 11 is 1.58. The average molecular weight is 319 g/mol. The minimum Gasteiger partial charge on any atom is -0.354 e. The zero-order valence-corrected chi connectivity index (χ0v) is 14.5. The zero-order valence-electron chi connectivity index (χ0n) is 13.7. The SMILES string of the molecule is CSc1nc(NCC2CCCCC2)n2ncc(C(C)C)c2n1. The van der Waals surface area contributed by atoms with Crippen LogP contribution in [-0.2, 0) is 0 Å². The van der Waals surface area contributed by atoms with Crippen molar-refractivity contribution in [3.8, 4) is 0 Å². The van der Waals surface area contributed by atoms with E-state index in [4.69, 9.17) is 0 Å². The molecule has 5 nitrogen and oxygen atoms in total. The Morgan fingerprint density at radius 1 is 1.27 bits per heavy atom. The van der Waals surface area contributed by atoms with Crippen molar-refractivity contribution >= 4 is 23.4 Å². The molecule has 1 N–H and O–H groups in total.